The Hall–Kier alpha value is -0.280. The molecule has 0 spiro atoms. The van der Waals surface area contributed by atoms with Crippen molar-refractivity contribution < 1.29 is 0 Å². The molecule has 0 saturated carbocycles. The van der Waals surface area contributed by atoms with Crippen molar-refractivity contribution in [1.82, 2.24) is 9.97 Å². The lowest BCUT2D eigenvalue weighted by Crippen LogP contribution is -1.92. The van der Waals surface area contributed by atoms with Crippen molar-refractivity contribution in [3.63, 3.8) is 0 Å². The highest BCUT2D eigenvalue weighted by atomic mass is 35.5. The van der Waals surface area contributed by atoms with E-state index in [1.165, 1.54) is 0 Å². The molecular formula is C8H11ClN2S. The van der Waals surface area contributed by atoms with E-state index in [0.29, 0.717) is 11.1 Å². The average Bonchev–Trinajstić information content (AvgIpc) is 2.01. The number of hydrogen-bond acceptors (Lipinski definition) is 3. The Kier molecular flexibility index (Phi) is 3.82. The second kappa shape index (κ2) is 4.67. The van der Waals surface area contributed by atoms with Gasteiger partial charge in [0, 0.05) is 5.75 Å². The van der Waals surface area contributed by atoms with Crippen LogP contribution in [0.4, 0.5) is 0 Å². The van der Waals surface area contributed by atoms with Gasteiger partial charge in [0.15, 0.2) is 0 Å². The van der Waals surface area contributed by atoms with Crippen molar-refractivity contribution in [3.8, 4) is 0 Å². The van der Waals surface area contributed by atoms with E-state index < -0.39 is 0 Å². The van der Waals surface area contributed by atoms with Gasteiger partial charge in [0.2, 0.25) is 0 Å². The Balaban J connectivity index is 2.52. The van der Waals surface area contributed by atoms with Crippen molar-refractivity contribution in [1.29, 1.82) is 0 Å². The number of hydrogen-bond donors (Lipinski definition) is 0. The Labute approximate surface area is 81.8 Å². The second-order valence-electron chi connectivity index (χ2n) is 2.88. The zero-order valence-electron chi connectivity index (χ0n) is 7.12. The summed E-state index contributed by atoms with van der Waals surface area (Å²) in [7, 11) is 0. The zero-order chi connectivity index (χ0) is 8.97. The van der Waals surface area contributed by atoms with Gasteiger partial charge >= 0.3 is 0 Å². The molecule has 1 aromatic rings. The maximum Gasteiger partial charge on any atom is 0.148 e. The average molecular weight is 203 g/mol. The first-order valence-electron chi connectivity index (χ1n) is 3.79. The molecule has 1 rings (SSSR count). The molecule has 0 aromatic carbocycles. The van der Waals surface area contributed by atoms with Crippen LogP contribution in [0.25, 0.3) is 0 Å². The third-order valence-corrected chi connectivity index (χ3v) is 2.66. The lowest BCUT2D eigenvalue weighted by Gasteiger charge is -2.02. The van der Waals surface area contributed by atoms with Gasteiger partial charge in [-0.25, -0.2) is 4.98 Å². The monoisotopic (exact) mass is 202 g/mol. The summed E-state index contributed by atoms with van der Waals surface area (Å²) in [4.78, 5) is 8.06. The number of thioether (sulfide) groups is 1. The fraction of sp³-hybridized carbons (Fsp3) is 0.500. The van der Waals surface area contributed by atoms with Gasteiger partial charge in [0.1, 0.15) is 10.2 Å². The van der Waals surface area contributed by atoms with E-state index >= 15 is 0 Å². The zero-order valence-corrected chi connectivity index (χ0v) is 8.69. The van der Waals surface area contributed by atoms with E-state index in [-0.39, 0.29) is 0 Å². The largest absolute Gasteiger partial charge is 0.259 e. The summed E-state index contributed by atoms with van der Waals surface area (Å²) < 4.78 is 0. The molecule has 0 aliphatic carbocycles. The van der Waals surface area contributed by atoms with Crippen LogP contribution in [0, 0.1) is 5.92 Å². The van der Waals surface area contributed by atoms with Crippen LogP contribution in [0.1, 0.15) is 13.8 Å². The maximum absolute atomic E-state index is 5.67. The minimum Gasteiger partial charge on any atom is -0.259 e. The molecule has 0 radical (unpaired) electrons. The van der Waals surface area contributed by atoms with Gasteiger partial charge in [0.25, 0.3) is 0 Å². The quantitative estimate of drug-likeness (QED) is 0.705. The normalized spacial score (nSPS) is 10.7. The van der Waals surface area contributed by atoms with E-state index in [0.717, 1.165) is 10.8 Å². The summed E-state index contributed by atoms with van der Waals surface area (Å²) in [6.07, 6.45) is 3.28. The van der Waals surface area contributed by atoms with Crippen molar-refractivity contribution >= 4 is 23.4 Å². The molecule has 4 heteroatoms. The van der Waals surface area contributed by atoms with Crippen LogP contribution in [0.3, 0.4) is 0 Å². The Bertz CT molecular complexity index is 253. The minimum absolute atomic E-state index is 0.462. The number of rotatable bonds is 3. The van der Waals surface area contributed by atoms with Crippen LogP contribution in [0.2, 0.25) is 5.15 Å². The Morgan fingerprint density at radius 1 is 1.50 bits per heavy atom. The number of aromatic nitrogens is 2. The fourth-order valence-corrected chi connectivity index (χ4v) is 1.65. The Morgan fingerprint density at radius 3 is 2.83 bits per heavy atom. The summed E-state index contributed by atoms with van der Waals surface area (Å²) in [5.41, 5.74) is 0. The van der Waals surface area contributed by atoms with Crippen LogP contribution in [-0.2, 0) is 0 Å². The highest BCUT2D eigenvalue weighted by Gasteiger charge is 1.99. The fourth-order valence-electron chi connectivity index (χ4n) is 0.647. The molecule has 12 heavy (non-hydrogen) atoms. The van der Waals surface area contributed by atoms with E-state index in [4.69, 9.17) is 11.6 Å². The van der Waals surface area contributed by atoms with Gasteiger partial charge in [0.05, 0.1) is 12.4 Å². The molecule has 0 aliphatic rings. The summed E-state index contributed by atoms with van der Waals surface area (Å²) in [5, 5.41) is 1.36. The van der Waals surface area contributed by atoms with Crippen LogP contribution >= 0.6 is 23.4 Å². The predicted molar refractivity (Wildman–Crippen MR) is 52.6 cm³/mol. The van der Waals surface area contributed by atoms with Crippen LogP contribution in [0.5, 0.6) is 0 Å². The first kappa shape index (κ1) is 9.81. The lowest BCUT2D eigenvalue weighted by atomic mass is 10.3. The smallest absolute Gasteiger partial charge is 0.148 e. The van der Waals surface area contributed by atoms with E-state index in [1.54, 1.807) is 24.2 Å². The van der Waals surface area contributed by atoms with Gasteiger partial charge in [-0.2, -0.15) is 0 Å². The van der Waals surface area contributed by atoms with Gasteiger partial charge in [-0.3, -0.25) is 4.98 Å². The van der Waals surface area contributed by atoms with Crippen molar-refractivity contribution in [2.24, 2.45) is 5.92 Å². The number of nitrogens with zero attached hydrogens (tertiary/aromatic N) is 2. The Morgan fingerprint density at radius 2 is 2.25 bits per heavy atom. The number of halogens is 1. The minimum atomic E-state index is 0.462. The standard InChI is InChI=1S/C8H11ClN2S/c1-6(2)5-12-8-4-10-3-7(9)11-8/h3-4,6H,5H2,1-2H3. The highest BCUT2D eigenvalue weighted by Crippen LogP contribution is 2.18. The summed E-state index contributed by atoms with van der Waals surface area (Å²) in [6, 6.07) is 0. The molecule has 2 nitrogen and oxygen atoms in total. The van der Waals surface area contributed by atoms with E-state index in [2.05, 4.69) is 23.8 Å². The molecular weight excluding hydrogens is 192 g/mol. The van der Waals surface area contributed by atoms with Crippen molar-refractivity contribution in [3.05, 3.63) is 17.5 Å². The molecule has 1 heterocycles. The molecule has 66 valence electrons. The summed E-state index contributed by atoms with van der Waals surface area (Å²) in [5.74, 6) is 1.71. The van der Waals surface area contributed by atoms with Crippen LogP contribution < -0.4 is 0 Å². The van der Waals surface area contributed by atoms with Gasteiger partial charge in [-0.1, -0.05) is 25.4 Å². The van der Waals surface area contributed by atoms with Crippen molar-refractivity contribution in [2.45, 2.75) is 18.9 Å². The topological polar surface area (TPSA) is 25.8 Å². The van der Waals surface area contributed by atoms with Gasteiger partial charge in [-0.05, 0) is 5.92 Å². The molecule has 0 fully saturated rings. The molecule has 0 bridgehead atoms. The highest BCUT2D eigenvalue weighted by molar-refractivity contribution is 7.99. The van der Waals surface area contributed by atoms with Crippen LogP contribution in [0.15, 0.2) is 17.4 Å². The molecule has 0 atom stereocenters. The third kappa shape index (κ3) is 3.41. The van der Waals surface area contributed by atoms with Crippen molar-refractivity contribution in [2.75, 3.05) is 5.75 Å². The third-order valence-electron chi connectivity index (χ3n) is 1.15. The first-order valence-corrected chi connectivity index (χ1v) is 5.15. The molecule has 0 saturated heterocycles. The predicted octanol–water partition coefficient (Wildman–Crippen LogP) is 2.88. The summed E-state index contributed by atoms with van der Waals surface area (Å²) in [6.45, 7) is 4.34. The molecule has 1 aromatic heterocycles. The van der Waals surface area contributed by atoms with E-state index in [9.17, 15) is 0 Å². The molecule has 0 amide bonds. The first-order chi connectivity index (χ1) is 5.68. The second-order valence-corrected chi connectivity index (χ2v) is 4.31. The molecule has 0 N–H and O–H groups in total. The van der Waals surface area contributed by atoms with Crippen LogP contribution in [-0.4, -0.2) is 15.7 Å². The van der Waals surface area contributed by atoms with Gasteiger partial charge in [-0.15, -0.1) is 11.8 Å². The van der Waals surface area contributed by atoms with E-state index in [1.807, 2.05) is 0 Å². The SMILES string of the molecule is CC(C)CSc1cncc(Cl)n1. The molecule has 0 aliphatic heterocycles. The molecule has 0 unspecified atom stereocenters. The maximum atomic E-state index is 5.67. The van der Waals surface area contributed by atoms with Gasteiger partial charge < -0.3 is 0 Å². The summed E-state index contributed by atoms with van der Waals surface area (Å²) >= 11 is 7.36. The lowest BCUT2D eigenvalue weighted by molar-refractivity contribution is 0.749.